The Morgan fingerprint density at radius 1 is 1.33 bits per heavy atom. The van der Waals surface area contributed by atoms with Gasteiger partial charge in [0.1, 0.15) is 5.75 Å². The van der Waals surface area contributed by atoms with Gasteiger partial charge >= 0.3 is 5.97 Å². The van der Waals surface area contributed by atoms with Crippen molar-refractivity contribution in [2.75, 3.05) is 0 Å². The van der Waals surface area contributed by atoms with Gasteiger partial charge in [-0.05, 0) is 49.0 Å². The van der Waals surface area contributed by atoms with Gasteiger partial charge < -0.3 is 10.2 Å². The second-order valence-electron chi connectivity index (χ2n) is 4.89. The summed E-state index contributed by atoms with van der Waals surface area (Å²) in [6.45, 7) is 6.22. The highest BCUT2D eigenvalue weighted by atomic mass is 16.4. The van der Waals surface area contributed by atoms with E-state index in [2.05, 4.69) is 19.9 Å². The lowest BCUT2D eigenvalue weighted by molar-refractivity contribution is 0.0696. The van der Waals surface area contributed by atoms with E-state index in [1.165, 1.54) is 12.1 Å². The summed E-state index contributed by atoms with van der Waals surface area (Å²) in [4.78, 5) is 11.1. The maximum atomic E-state index is 11.1. The first kappa shape index (κ1) is 14.3. The van der Waals surface area contributed by atoms with Crippen molar-refractivity contribution in [3.63, 3.8) is 0 Å². The zero-order valence-corrected chi connectivity index (χ0v) is 11.1. The fourth-order valence-corrected chi connectivity index (χ4v) is 1.80. The van der Waals surface area contributed by atoms with Crippen LogP contribution in [0.15, 0.2) is 24.3 Å². The number of carbonyl (C=O) groups is 1. The molecule has 1 aromatic carbocycles. The van der Waals surface area contributed by atoms with Crippen molar-refractivity contribution in [1.82, 2.24) is 0 Å². The Kier molecular flexibility index (Phi) is 4.95. The number of carboxylic acid groups (broad SMARTS) is 1. The third-order valence-electron chi connectivity index (χ3n) is 2.85. The van der Waals surface area contributed by atoms with Gasteiger partial charge in [-0.25, -0.2) is 4.79 Å². The minimum Gasteiger partial charge on any atom is -0.508 e. The summed E-state index contributed by atoms with van der Waals surface area (Å²) >= 11 is 0. The third kappa shape index (κ3) is 3.91. The number of benzene rings is 1. The molecule has 2 N–H and O–H groups in total. The molecule has 0 fully saturated rings. The van der Waals surface area contributed by atoms with Gasteiger partial charge in [0.05, 0.1) is 5.56 Å². The summed E-state index contributed by atoms with van der Waals surface area (Å²) in [5.41, 5.74) is 1.76. The molecule has 3 heteroatoms. The molecule has 3 nitrogen and oxygen atoms in total. The minimum atomic E-state index is -1.02. The quantitative estimate of drug-likeness (QED) is 0.830. The monoisotopic (exact) mass is 248 g/mol. The molecule has 0 aliphatic rings. The molecule has 0 heterocycles. The van der Waals surface area contributed by atoms with Crippen molar-refractivity contribution in [3.05, 3.63) is 35.4 Å². The van der Waals surface area contributed by atoms with Gasteiger partial charge in [0, 0.05) is 0 Å². The van der Waals surface area contributed by atoms with E-state index in [-0.39, 0.29) is 11.3 Å². The molecule has 0 amide bonds. The number of hydrogen-bond donors (Lipinski definition) is 2. The zero-order chi connectivity index (χ0) is 13.7. The maximum Gasteiger partial charge on any atom is 0.336 e. The van der Waals surface area contributed by atoms with Crippen LogP contribution >= 0.6 is 0 Å². The number of hydrogen-bond acceptors (Lipinski definition) is 2. The van der Waals surface area contributed by atoms with Crippen LogP contribution in [0.5, 0.6) is 5.75 Å². The summed E-state index contributed by atoms with van der Waals surface area (Å²) < 4.78 is 0. The van der Waals surface area contributed by atoms with E-state index in [0.717, 1.165) is 18.4 Å². The van der Waals surface area contributed by atoms with Crippen molar-refractivity contribution in [1.29, 1.82) is 0 Å². The van der Waals surface area contributed by atoms with Gasteiger partial charge in [-0.1, -0.05) is 26.0 Å². The van der Waals surface area contributed by atoms with Crippen LogP contribution in [0.1, 0.15) is 49.5 Å². The molecule has 0 aromatic heterocycles. The lowest BCUT2D eigenvalue weighted by Crippen LogP contribution is -2.01. The first-order valence-electron chi connectivity index (χ1n) is 6.15. The predicted molar refractivity (Wildman–Crippen MR) is 72.8 cm³/mol. The van der Waals surface area contributed by atoms with Crippen LogP contribution in [0.4, 0.5) is 0 Å². The number of phenolic OH excluding ortho intramolecular Hbond substituents is 1. The molecular formula is C15H20O3. The lowest BCUT2D eigenvalue weighted by atomic mass is 9.98. The van der Waals surface area contributed by atoms with E-state index in [0.29, 0.717) is 11.5 Å². The van der Waals surface area contributed by atoms with Crippen LogP contribution in [-0.4, -0.2) is 16.2 Å². The van der Waals surface area contributed by atoms with Gasteiger partial charge in [0.25, 0.3) is 0 Å². The smallest absolute Gasteiger partial charge is 0.336 e. The summed E-state index contributed by atoms with van der Waals surface area (Å²) in [5.74, 6) is -0.406. The number of rotatable bonds is 5. The summed E-state index contributed by atoms with van der Waals surface area (Å²) in [6.07, 6.45) is 4.07. The summed E-state index contributed by atoms with van der Waals surface area (Å²) in [7, 11) is 0. The first-order valence-corrected chi connectivity index (χ1v) is 6.15. The standard InChI is InChI=1S/C15H20O3/c1-10(2)5-4-6-11(3)13-8-7-12(16)9-14(13)15(17)18/h6-10,16H,4-5H2,1-3H3,(H,17,18). The van der Waals surface area contributed by atoms with Gasteiger partial charge in [-0.15, -0.1) is 0 Å². The van der Waals surface area contributed by atoms with E-state index in [9.17, 15) is 9.90 Å². The highest BCUT2D eigenvalue weighted by Crippen LogP contribution is 2.24. The second kappa shape index (κ2) is 6.24. The van der Waals surface area contributed by atoms with E-state index in [1.54, 1.807) is 6.07 Å². The van der Waals surface area contributed by atoms with Crippen molar-refractivity contribution in [2.24, 2.45) is 5.92 Å². The molecule has 0 spiro atoms. The first-order chi connectivity index (χ1) is 8.41. The molecule has 0 bridgehead atoms. The molecule has 1 rings (SSSR count). The molecule has 98 valence electrons. The largest absolute Gasteiger partial charge is 0.508 e. The molecule has 0 aliphatic carbocycles. The average molecular weight is 248 g/mol. The van der Waals surface area contributed by atoms with Gasteiger partial charge in [0.2, 0.25) is 0 Å². The van der Waals surface area contributed by atoms with Crippen LogP contribution in [0.2, 0.25) is 0 Å². The number of allylic oxidation sites excluding steroid dienone is 2. The van der Waals surface area contributed by atoms with Crippen LogP contribution in [0.3, 0.4) is 0 Å². The molecule has 0 radical (unpaired) electrons. The van der Waals surface area contributed by atoms with Gasteiger partial charge in [-0.3, -0.25) is 0 Å². The van der Waals surface area contributed by atoms with E-state index >= 15 is 0 Å². The zero-order valence-electron chi connectivity index (χ0n) is 11.1. The second-order valence-corrected chi connectivity index (χ2v) is 4.89. The fourth-order valence-electron chi connectivity index (χ4n) is 1.80. The predicted octanol–water partition coefficient (Wildman–Crippen LogP) is 3.93. The molecule has 0 atom stereocenters. The number of aromatic carboxylic acids is 1. The van der Waals surface area contributed by atoms with Crippen molar-refractivity contribution >= 4 is 11.5 Å². The Hall–Kier alpha value is -1.77. The van der Waals surface area contributed by atoms with Crippen LogP contribution in [0.25, 0.3) is 5.57 Å². The fraction of sp³-hybridized carbons (Fsp3) is 0.400. The topological polar surface area (TPSA) is 57.5 Å². The Balaban J connectivity index is 2.98. The van der Waals surface area contributed by atoms with Crippen molar-refractivity contribution in [2.45, 2.75) is 33.6 Å². The van der Waals surface area contributed by atoms with Crippen LogP contribution in [-0.2, 0) is 0 Å². The Morgan fingerprint density at radius 2 is 2.00 bits per heavy atom. The summed E-state index contributed by atoms with van der Waals surface area (Å²) in [6, 6.07) is 4.46. The molecule has 0 unspecified atom stereocenters. The molecular weight excluding hydrogens is 228 g/mol. The van der Waals surface area contributed by atoms with E-state index in [4.69, 9.17) is 5.11 Å². The lowest BCUT2D eigenvalue weighted by Gasteiger charge is -2.08. The average Bonchev–Trinajstić information content (AvgIpc) is 2.28. The number of carboxylic acids is 1. The Labute approximate surface area is 108 Å². The SMILES string of the molecule is CC(=CCCC(C)C)c1ccc(O)cc1C(=O)O. The van der Waals surface area contributed by atoms with Crippen molar-refractivity contribution in [3.8, 4) is 5.75 Å². The van der Waals surface area contributed by atoms with Crippen LogP contribution in [0, 0.1) is 5.92 Å². The van der Waals surface area contributed by atoms with E-state index < -0.39 is 5.97 Å². The molecule has 18 heavy (non-hydrogen) atoms. The molecule has 0 saturated carbocycles. The third-order valence-corrected chi connectivity index (χ3v) is 2.85. The highest BCUT2D eigenvalue weighted by molar-refractivity contribution is 5.94. The van der Waals surface area contributed by atoms with E-state index in [1.807, 2.05) is 6.92 Å². The number of aromatic hydroxyl groups is 1. The molecule has 1 aromatic rings. The summed E-state index contributed by atoms with van der Waals surface area (Å²) in [5, 5.41) is 18.4. The van der Waals surface area contributed by atoms with Crippen LogP contribution < -0.4 is 0 Å². The maximum absolute atomic E-state index is 11.1. The Bertz CT molecular complexity index is 459. The molecule has 0 aliphatic heterocycles. The van der Waals surface area contributed by atoms with Gasteiger partial charge in [-0.2, -0.15) is 0 Å². The Morgan fingerprint density at radius 3 is 2.56 bits per heavy atom. The normalized spacial score (nSPS) is 11.9. The highest BCUT2D eigenvalue weighted by Gasteiger charge is 2.11. The number of phenols is 1. The minimum absolute atomic E-state index is 0.0221. The van der Waals surface area contributed by atoms with Gasteiger partial charge in [0.15, 0.2) is 0 Å². The van der Waals surface area contributed by atoms with Crippen molar-refractivity contribution < 1.29 is 15.0 Å². The molecule has 0 saturated heterocycles.